The Labute approximate surface area is 322 Å². The number of carbonyl (C=O) groups is 3. The van der Waals surface area contributed by atoms with E-state index in [4.69, 9.17) is 16.8 Å². The van der Waals surface area contributed by atoms with Gasteiger partial charge >= 0.3 is 62.1 Å². The SMILES string of the molecule is C.Cc1cc([N+](=O)[O-])c(C(=O)N2CCCC[C@@H]2C=O)cc1CO.Cc1cc2c(cc1CO)C(=O)N1CCCC[C@@H]1C=N2.O=S(=O)=S(=O)=O.[Na][Na]. The third kappa shape index (κ3) is 12.1. The zero-order chi connectivity index (χ0) is 36.8. The molecule has 50 heavy (non-hydrogen) atoms. The number of likely N-dealkylation sites (tertiary alicyclic amines) is 1. The Morgan fingerprint density at radius 1 is 0.960 bits per heavy atom. The minimum atomic E-state index is -2.95. The van der Waals surface area contributed by atoms with Crippen LogP contribution in [0.25, 0.3) is 0 Å². The number of amides is 2. The van der Waals surface area contributed by atoms with Crippen molar-refractivity contribution in [2.24, 2.45) is 4.99 Å². The molecule has 5 rings (SSSR count). The second-order valence-corrected chi connectivity index (χ2v) is 13.6. The maximum absolute atomic E-state index is 12.7. The van der Waals surface area contributed by atoms with Crippen molar-refractivity contribution in [2.45, 2.75) is 85.1 Å². The van der Waals surface area contributed by atoms with Gasteiger partial charge in [0, 0.05) is 25.4 Å². The molecule has 15 nitrogen and oxygen atoms in total. The van der Waals surface area contributed by atoms with Crippen molar-refractivity contribution < 1.29 is 46.4 Å². The Hall–Kier alpha value is -2.32. The van der Waals surface area contributed by atoms with Gasteiger partial charge in [0.15, 0.2) is 0 Å². The van der Waals surface area contributed by atoms with Gasteiger partial charge in [-0.3, -0.25) is 24.7 Å². The minimum absolute atomic E-state index is 0. The normalized spacial score (nSPS) is 17.3. The zero-order valence-electron chi connectivity index (χ0n) is 27.9. The Morgan fingerprint density at radius 3 is 2.08 bits per heavy atom. The van der Waals surface area contributed by atoms with Crippen LogP contribution in [0, 0.1) is 24.0 Å². The van der Waals surface area contributed by atoms with Crippen LogP contribution < -0.4 is 0 Å². The van der Waals surface area contributed by atoms with E-state index in [9.17, 15) is 34.7 Å². The molecule has 0 bridgehead atoms. The zero-order valence-corrected chi connectivity index (χ0v) is 33.5. The second-order valence-electron chi connectivity index (χ2n) is 11.1. The molecule has 2 amide bonds. The molecule has 3 heterocycles. The van der Waals surface area contributed by atoms with Crippen LogP contribution in [0.3, 0.4) is 0 Å². The molecule has 3 aliphatic rings. The molecule has 0 aliphatic carbocycles. The van der Waals surface area contributed by atoms with E-state index >= 15 is 0 Å². The first-order valence-corrected chi connectivity index (χ1v) is 26.4. The molecule has 264 valence electrons. The van der Waals surface area contributed by atoms with Crippen LogP contribution in [0.15, 0.2) is 29.3 Å². The Balaban J connectivity index is 0.000000408. The Morgan fingerprint density at radius 2 is 1.52 bits per heavy atom. The van der Waals surface area contributed by atoms with Gasteiger partial charge in [0.2, 0.25) is 0 Å². The van der Waals surface area contributed by atoms with Crippen LogP contribution in [0.1, 0.15) is 88.9 Å². The number of benzene rings is 2. The van der Waals surface area contributed by atoms with Crippen molar-refractivity contribution in [1.29, 1.82) is 0 Å². The molecule has 3 aliphatic heterocycles. The fourth-order valence-electron chi connectivity index (χ4n) is 5.61. The number of piperidine rings is 2. The summed E-state index contributed by atoms with van der Waals surface area (Å²) >= 11 is 2.89. The summed E-state index contributed by atoms with van der Waals surface area (Å²) in [6.45, 7) is 4.44. The van der Waals surface area contributed by atoms with E-state index in [-0.39, 0.29) is 43.8 Å². The number of aryl methyl sites for hydroxylation is 2. The predicted molar refractivity (Wildman–Crippen MR) is 189 cm³/mol. The predicted octanol–water partition coefficient (Wildman–Crippen LogP) is 2.32. The topological polar surface area (TPSA) is 222 Å². The van der Waals surface area contributed by atoms with Crippen molar-refractivity contribution in [3.63, 3.8) is 0 Å². The molecule has 19 heteroatoms. The number of aldehydes is 1. The van der Waals surface area contributed by atoms with Crippen LogP contribution in [0.5, 0.6) is 0 Å². The van der Waals surface area contributed by atoms with Gasteiger partial charge in [-0.15, -0.1) is 0 Å². The van der Waals surface area contributed by atoms with Gasteiger partial charge in [-0.1, -0.05) is 7.43 Å². The average molecular weight is 755 g/mol. The fourth-order valence-corrected chi connectivity index (χ4v) is 5.61. The van der Waals surface area contributed by atoms with Gasteiger partial charge < -0.3 is 24.8 Å². The summed E-state index contributed by atoms with van der Waals surface area (Å²) in [5, 5.41) is 29.9. The summed E-state index contributed by atoms with van der Waals surface area (Å²) in [7, 11) is -5.90. The van der Waals surface area contributed by atoms with E-state index in [1.807, 2.05) is 24.1 Å². The number of carbonyl (C=O) groups excluding carboxylic acids is 3. The van der Waals surface area contributed by atoms with E-state index < -0.39 is 35.4 Å². The molecule has 0 unspecified atom stereocenters. The molecule has 2 saturated heterocycles. The summed E-state index contributed by atoms with van der Waals surface area (Å²) in [5.74, 6) is -0.481. The van der Waals surface area contributed by atoms with Gasteiger partial charge in [0.05, 0.1) is 41.5 Å². The third-order valence-electron chi connectivity index (χ3n) is 8.18. The van der Waals surface area contributed by atoms with Gasteiger partial charge in [0.25, 0.3) is 17.5 Å². The molecule has 0 radical (unpaired) electrons. The van der Waals surface area contributed by atoms with Crippen molar-refractivity contribution in [3.05, 3.63) is 67.8 Å². The number of hydrogen-bond acceptors (Lipinski definition) is 12. The molecule has 2 aromatic carbocycles. The third-order valence-corrected chi connectivity index (χ3v) is 9.07. The summed E-state index contributed by atoms with van der Waals surface area (Å²) in [4.78, 5) is 54.8. The number of aliphatic hydroxyl groups is 2. The molecule has 2 N–H and O–H groups in total. The van der Waals surface area contributed by atoms with Crippen LogP contribution in [0.4, 0.5) is 11.4 Å². The molecular formula is C31H40N4Na2O11S2. The molecule has 2 aromatic rings. The summed E-state index contributed by atoms with van der Waals surface area (Å²) in [6, 6.07) is 5.92. The monoisotopic (exact) mass is 754 g/mol. The van der Waals surface area contributed by atoms with Crippen LogP contribution in [-0.4, -0.2) is 135 Å². The Kier molecular flexibility index (Phi) is 20.6. The van der Waals surface area contributed by atoms with Crippen molar-refractivity contribution >= 4 is 97.8 Å². The number of fused-ring (bicyclic) bond motifs is 2. The Bertz CT molecular complexity index is 1790. The number of nitrogens with zero attached hydrogens (tertiary/aromatic N) is 4. The first-order valence-electron chi connectivity index (χ1n) is 15.8. The number of rotatable bonds is 5. The molecule has 0 saturated carbocycles. The van der Waals surface area contributed by atoms with E-state index in [0.29, 0.717) is 35.9 Å². The molecule has 0 aromatic heterocycles. The van der Waals surface area contributed by atoms with Crippen molar-refractivity contribution in [3.8, 4) is 0 Å². The molecular weight excluding hydrogens is 714 g/mol. The first-order chi connectivity index (χ1) is 23.3. The van der Waals surface area contributed by atoms with E-state index in [2.05, 4.69) is 4.99 Å². The number of nitro benzene ring substituents is 1. The van der Waals surface area contributed by atoms with Gasteiger partial charge in [-0.2, -0.15) is 16.8 Å². The van der Waals surface area contributed by atoms with Crippen molar-refractivity contribution in [2.75, 3.05) is 13.1 Å². The molecule has 2 atom stereocenters. The van der Waals surface area contributed by atoms with Crippen LogP contribution in [-0.2, 0) is 36.5 Å². The summed E-state index contributed by atoms with van der Waals surface area (Å²) in [5.41, 5.74) is 3.78. The second kappa shape index (κ2) is 22.6. The number of hydrogen-bond donors (Lipinski definition) is 2. The van der Waals surface area contributed by atoms with E-state index in [1.54, 1.807) is 13.0 Å². The van der Waals surface area contributed by atoms with Gasteiger partial charge in [-0.25, -0.2) is 0 Å². The molecule has 0 spiro atoms. The summed E-state index contributed by atoms with van der Waals surface area (Å²) < 4.78 is 36.3. The van der Waals surface area contributed by atoms with Crippen LogP contribution >= 0.6 is 0 Å². The molecule has 2 fully saturated rings. The quantitative estimate of drug-likeness (QED) is 0.195. The number of aliphatic imine (C=N–C) groups is 1. The average Bonchev–Trinajstić information content (AvgIpc) is 3.24. The fraction of sp³-hybridized carbons (Fsp3) is 0.484. The summed E-state index contributed by atoms with van der Waals surface area (Å²) in [6.07, 6.45) is 8.01. The number of aliphatic hydroxyl groups excluding tert-OH is 2. The van der Waals surface area contributed by atoms with Gasteiger partial charge in [0.1, 0.15) is 11.8 Å². The van der Waals surface area contributed by atoms with Gasteiger partial charge in [-0.05, 0) is 92.8 Å². The van der Waals surface area contributed by atoms with Crippen molar-refractivity contribution in [1.82, 2.24) is 9.80 Å². The van der Waals surface area contributed by atoms with Crippen LogP contribution in [0.2, 0.25) is 0 Å². The first kappa shape index (κ1) is 45.7. The van der Waals surface area contributed by atoms with E-state index in [1.165, 1.54) is 60.6 Å². The number of nitro groups is 1. The van der Waals surface area contributed by atoms with E-state index in [0.717, 1.165) is 55.5 Å². The standard InChI is InChI=1S/C15H18N2O5.C15H18N2O2.CH4.2Na.O4S2/c1-10-6-14(17(21)22)13(7-11(10)8-18)15(20)16-5-3-2-4-12(16)9-19;1-10-6-14-13(7-11(10)9-18)15(19)17-5-3-2-4-12(17)8-16-14;;;;1-5(2)6(3)4/h6-7,9,12,18H,2-5,8H2,1H3;6-8,12,18H,2-5,9H2,1H3;1H4;;;/t2*12-;;;;/m11..../s1. The maximum atomic E-state index is 12.7.